The first-order valence-electron chi connectivity index (χ1n) is 10.8. The number of nitrogens with zero attached hydrogens (tertiary/aromatic N) is 3. The summed E-state index contributed by atoms with van der Waals surface area (Å²) in [5.41, 5.74) is 2.51. The molecule has 2 fully saturated rings. The molecule has 0 bridgehead atoms. The quantitative estimate of drug-likeness (QED) is 0.607. The molecule has 2 aromatic carbocycles. The maximum atomic E-state index is 13.5. The lowest BCUT2D eigenvalue weighted by Crippen LogP contribution is -2.47. The highest BCUT2D eigenvalue weighted by molar-refractivity contribution is 5.80. The van der Waals surface area contributed by atoms with Crippen LogP contribution in [0, 0.1) is 5.82 Å². The zero-order valence-corrected chi connectivity index (χ0v) is 17.6. The number of morpholine rings is 1. The Kier molecular flexibility index (Phi) is 6.97. The molecule has 6 heteroatoms. The fraction of sp³-hybridized carbons (Fsp3) is 0.458. The van der Waals surface area contributed by atoms with E-state index in [4.69, 9.17) is 4.74 Å². The van der Waals surface area contributed by atoms with Gasteiger partial charge in [-0.15, -0.1) is 0 Å². The highest BCUT2D eigenvalue weighted by Gasteiger charge is 2.28. The molecular formula is C24H31FN4O. The van der Waals surface area contributed by atoms with Gasteiger partial charge in [-0.1, -0.05) is 42.5 Å². The van der Waals surface area contributed by atoms with Gasteiger partial charge in [-0.25, -0.2) is 4.39 Å². The fourth-order valence-corrected chi connectivity index (χ4v) is 4.50. The van der Waals surface area contributed by atoms with Crippen LogP contribution in [-0.4, -0.2) is 68.7 Å². The number of likely N-dealkylation sites (tertiary alicyclic amines) is 1. The van der Waals surface area contributed by atoms with Crippen molar-refractivity contribution in [1.82, 2.24) is 15.1 Å². The van der Waals surface area contributed by atoms with Gasteiger partial charge in [0.1, 0.15) is 5.82 Å². The lowest BCUT2D eigenvalue weighted by Gasteiger charge is -2.35. The van der Waals surface area contributed by atoms with E-state index in [9.17, 15) is 4.39 Å². The minimum Gasteiger partial charge on any atom is -0.379 e. The van der Waals surface area contributed by atoms with E-state index in [2.05, 4.69) is 50.4 Å². The Labute approximate surface area is 178 Å². The molecule has 0 saturated carbocycles. The lowest BCUT2D eigenvalue weighted by molar-refractivity contribution is 0.0169. The Bertz CT molecular complexity index is 821. The molecule has 30 heavy (non-hydrogen) atoms. The van der Waals surface area contributed by atoms with Crippen LogP contribution < -0.4 is 5.32 Å². The zero-order chi connectivity index (χ0) is 20.8. The molecule has 0 amide bonds. The van der Waals surface area contributed by atoms with Crippen LogP contribution in [0.3, 0.4) is 0 Å². The number of halogens is 1. The van der Waals surface area contributed by atoms with Crippen molar-refractivity contribution in [3.05, 3.63) is 71.5 Å². The standard InChI is InChI=1S/C24H31FN4O/c1-26-24(29-12-11-21(18-29)19-5-3-2-4-6-19)27-17-23(28-13-15-30-16-14-28)20-7-9-22(25)10-8-20/h2-10,21,23H,11-18H2,1H3,(H,26,27). The van der Waals surface area contributed by atoms with Gasteiger partial charge < -0.3 is 15.0 Å². The molecule has 0 aliphatic carbocycles. The van der Waals surface area contributed by atoms with Crippen LogP contribution in [0.5, 0.6) is 0 Å². The van der Waals surface area contributed by atoms with Crippen molar-refractivity contribution in [3.63, 3.8) is 0 Å². The second-order valence-electron chi connectivity index (χ2n) is 7.99. The van der Waals surface area contributed by atoms with E-state index >= 15 is 0 Å². The highest BCUT2D eigenvalue weighted by Crippen LogP contribution is 2.27. The Balaban J connectivity index is 1.42. The minimum atomic E-state index is -0.202. The Hall–Kier alpha value is -2.44. The van der Waals surface area contributed by atoms with Crippen LogP contribution in [-0.2, 0) is 4.74 Å². The summed E-state index contributed by atoms with van der Waals surface area (Å²) in [4.78, 5) is 9.31. The molecular weight excluding hydrogens is 379 g/mol. The molecule has 2 aliphatic heterocycles. The van der Waals surface area contributed by atoms with Crippen molar-refractivity contribution in [2.75, 3.05) is 53.0 Å². The number of benzene rings is 2. The summed E-state index contributed by atoms with van der Waals surface area (Å²) in [5, 5.41) is 3.59. The molecule has 2 unspecified atom stereocenters. The average Bonchev–Trinajstić information content (AvgIpc) is 3.29. The van der Waals surface area contributed by atoms with E-state index in [-0.39, 0.29) is 11.9 Å². The lowest BCUT2D eigenvalue weighted by atomic mass is 9.99. The molecule has 0 spiro atoms. The third-order valence-corrected chi connectivity index (χ3v) is 6.17. The van der Waals surface area contributed by atoms with Crippen molar-refractivity contribution >= 4 is 5.96 Å². The molecule has 2 saturated heterocycles. The van der Waals surface area contributed by atoms with E-state index < -0.39 is 0 Å². The first-order chi connectivity index (χ1) is 14.7. The molecule has 2 aromatic rings. The Morgan fingerprint density at radius 2 is 1.83 bits per heavy atom. The van der Waals surface area contributed by atoms with Crippen molar-refractivity contribution in [1.29, 1.82) is 0 Å². The van der Waals surface area contributed by atoms with Gasteiger partial charge in [-0.05, 0) is 29.7 Å². The second-order valence-corrected chi connectivity index (χ2v) is 7.99. The summed E-state index contributed by atoms with van der Waals surface area (Å²) in [7, 11) is 1.85. The zero-order valence-electron chi connectivity index (χ0n) is 17.6. The summed E-state index contributed by atoms with van der Waals surface area (Å²) in [5.74, 6) is 1.28. The van der Waals surface area contributed by atoms with E-state index in [0.717, 1.165) is 63.9 Å². The number of aliphatic imine (C=N–C) groups is 1. The molecule has 5 nitrogen and oxygen atoms in total. The smallest absolute Gasteiger partial charge is 0.193 e. The van der Waals surface area contributed by atoms with Crippen LogP contribution in [0.25, 0.3) is 0 Å². The molecule has 160 valence electrons. The third kappa shape index (κ3) is 4.99. The maximum Gasteiger partial charge on any atom is 0.193 e. The summed E-state index contributed by atoms with van der Waals surface area (Å²) >= 11 is 0. The van der Waals surface area contributed by atoms with Crippen LogP contribution in [0.2, 0.25) is 0 Å². The van der Waals surface area contributed by atoms with Gasteiger partial charge in [0, 0.05) is 45.7 Å². The first-order valence-corrected chi connectivity index (χ1v) is 10.8. The van der Waals surface area contributed by atoms with Gasteiger partial charge in [-0.2, -0.15) is 0 Å². The Morgan fingerprint density at radius 1 is 1.10 bits per heavy atom. The monoisotopic (exact) mass is 410 g/mol. The summed E-state index contributed by atoms with van der Waals surface area (Å²) in [6.07, 6.45) is 1.13. The van der Waals surface area contributed by atoms with Gasteiger partial charge in [-0.3, -0.25) is 9.89 Å². The van der Waals surface area contributed by atoms with Crippen LogP contribution in [0.1, 0.15) is 29.5 Å². The topological polar surface area (TPSA) is 40.1 Å². The van der Waals surface area contributed by atoms with Crippen molar-refractivity contribution < 1.29 is 9.13 Å². The van der Waals surface area contributed by atoms with Gasteiger partial charge in [0.25, 0.3) is 0 Å². The molecule has 2 atom stereocenters. The van der Waals surface area contributed by atoms with Gasteiger partial charge in [0.2, 0.25) is 0 Å². The van der Waals surface area contributed by atoms with Gasteiger partial charge in [0.15, 0.2) is 5.96 Å². The first kappa shape index (κ1) is 20.8. The summed E-state index contributed by atoms with van der Waals surface area (Å²) < 4.78 is 19.0. The predicted molar refractivity (Wildman–Crippen MR) is 118 cm³/mol. The highest BCUT2D eigenvalue weighted by atomic mass is 19.1. The second kappa shape index (κ2) is 10.0. The number of nitrogens with one attached hydrogen (secondary N) is 1. The van der Waals surface area contributed by atoms with E-state index in [1.807, 2.05) is 19.2 Å². The van der Waals surface area contributed by atoms with Crippen molar-refractivity contribution in [2.45, 2.75) is 18.4 Å². The molecule has 0 radical (unpaired) electrons. The van der Waals surface area contributed by atoms with Gasteiger partial charge in [0.05, 0.1) is 19.3 Å². The largest absolute Gasteiger partial charge is 0.379 e. The number of ether oxygens (including phenoxy) is 1. The molecule has 4 rings (SSSR count). The summed E-state index contributed by atoms with van der Waals surface area (Å²) in [6, 6.07) is 17.7. The fourth-order valence-electron chi connectivity index (χ4n) is 4.50. The maximum absolute atomic E-state index is 13.5. The molecule has 1 N–H and O–H groups in total. The van der Waals surface area contributed by atoms with E-state index in [1.165, 1.54) is 5.56 Å². The Morgan fingerprint density at radius 3 is 2.53 bits per heavy atom. The average molecular weight is 411 g/mol. The van der Waals surface area contributed by atoms with Crippen molar-refractivity contribution in [2.24, 2.45) is 4.99 Å². The molecule has 2 aliphatic rings. The van der Waals surface area contributed by atoms with Crippen LogP contribution in [0.4, 0.5) is 4.39 Å². The van der Waals surface area contributed by atoms with Crippen LogP contribution >= 0.6 is 0 Å². The normalized spacial score (nSPS) is 21.6. The molecule has 0 aromatic heterocycles. The third-order valence-electron chi connectivity index (χ3n) is 6.17. The number of hydrogen-bond acceptors (Lipinski definition) is 3. The predicted octanol–water partition coefficient (Wildman–Crippen LogP) is 3.26. The van der Waals surface area contributed by atoms with Crippen LogP contribution in [0.15, 0.2) is 59.6 Å². The SMILES string of the molecule is CN=C(NCC(c1ccc(F)cc1)N1CCOCC1)N1CCC(c2ccccc2)C1. The number of hydrogen-bond donors (Lipinski definition) is 1. The van der Waals surface area contributed by atoms with Gasteiger partial charge >= 0.3 is 0 Å². The van der Waals surface area contributed by atoms with Crippen molar-refractivity contribution in [3.8, 4) is 0 Å². The number of guanidine groups is 1. The van der Waals surface area contributed by atoms with E-state index in [1.54, 1.807) is 12.1 Å². The minimum absolute atomic E-state index is 0.152. The number of rotatable bonds is 5. The molecule has 2 heterocycles. The van der Waals surface area contributed by atoms with E-state index in [0.29, 0.717) is 5.92 Å². The summed E-state index contributed by atoms with van der Waals surface area (Å²) in [6.45, 7) is 5.92.